The number of benzene rings is 1. The molecule has 1 aliphatic heterocycles. The molecule has 0 aromatic heterocycles. The first-order chi connectivity index (χ1) is 40.0. The fraction of sp³-hybridized carbons (Fsp3) is 0.707. The fourth-order valence-corrected chi connectivity index (χ4v) is 9.95. The van der Waals surface area contributed by atoms with Gasteiger partial charge in [0.15, 0.2) is 17.3 Å². The van der Waals surface area contributed by atoms with E-state index in [2.05, 4.69) is 44.1 Å². The topological polar surface area (TPSA) is 463 Å². The predicted molar refractivity (Wildman–Crippen MR) is 313 cm³/mol. The summed E-state index contributed by atoms with van der Waals surface area (Å²) < 4.78 is 0. The summed E-state index contributed by atoms with van der Waals surface area (Å²) in [6.45, 7) is 4.88. The van der Waals surface area contributed by atoms with Gasteiger partial charge in [-0.05, 0) is 110 Å². The lowest BCUT2D eigenvalue weighted by Gasteiger charge is -2.28. The third-order valence-electron chi connectivity index (χ3n) is 14.9. The van der Waals surface area contributed by atoms with Gasteiger partial charge in [0.2, 0.25) is 41.4 Å². The van der Waals surface area contributed by atoms with Crippen LogP contribution in [-0.2, 0) is 59.2 Å². The van der Waals surface area contributed by atoms with Gasteiger partial charge < -0.3 is 81.2 Å². The van der Waals surface area contributed by atoms with Gasteiger partial charge in [0, 0.05) is 62.3 Å². The third-order valence-corrected chi connectivity index (χ3v) is 14.9. The molecule has 1 fully saturated rings. The molecule has 26 nitrogen and oxygen atoms in total. The van der Waals surface area contributed by atoms with Crippen molar-refractivity contribution in [1.29, 1.82) is 0 Å². The van der Waals surface area contributed by atoms with Crippen LogP contribution in [0.2, 0.25) is 0 Å². The standard InChI is InChI=1S/C58H98N12O14/c1-5-6-7-8-9-13-16-42(74)30-38(17-23-59)53(79)68-49(34(2)71)48(77)32-40(19-25-61)52(78)67-45-22-28-64-57(83)50(35(3)72)69-54(80)39(18-24-60)31-46(75)44(21-27-63)66-58(84)51(36(4)73)70-55(81)41(29-37-14-11-10-12-15-37)33-47(76)43(20-26-62)65-56(45)82/h10-12,14-15,34-36,38-41,43-45,49-51,71-73H,5-9,13,16-33,59-63H2,1-4H3,(H,64,83)(H,65,82)(H,66,84)(H,67,78)(H,68,79)(H,69,80)(H,70,81)/t34-,35-,36-,38-,39-,40+,41+,43+,44+,45+,49+,50+,51+/m1/s1. The molecule has 0 spiro atoms. The number of hydrogen-bond donors (Lipinski definition) is 15. The number of ketones is 4. The highest BCUT2D eigenvalue weighted by Crippen LogP contribution is 2.20. The highest BCUT2D eigenvalue weighted by molar-refractivity contribution is 5.99. The van der Waals surface area contributed by atoms with E-state index in [1.807, 2.05) is 0 Å². The summed E-state index contributed by atoms with van der Waals surface area (Å²) in [5.74, 6) is -13.2. The quantitative estimate of drug-likeness (QED) is 0.0345. The molecule has 1 aromatic carbocycles. The molecule has 1 heterocycles. The van der Waals surface area contributed by atoms with Gasteiger partial charge in [-0.15, -0.1) is 0 Å². The van der Waals surface area contributed by atoms with Crippen LogP contribution in [0, 0.1) is 23.7 Å². The zero-order chi connectivity index (χ0) is 62.9. The highest BCUT2D eigenvalue weighted by atomic mass is 16.3. The number of nitrogens with two attached hydrogens (primary N) is 5. The minimum absolute atomic E-state index is 0.0551. The largest absolute Gasteiger partial charge is 0.391 e. The fourth-order valence-electron chi connectivity index (χ4n) is 9.95. The van der Waals surface area contributed by atoms with Crippen LogP contribution in [0.5, 0.6) is 0 Å². The summed E-state index contributed by atoms with van der Waals surface area (Å²) in [5, 5.41) is 50.3. The van der Waals surface area contributed by atoms with Crippen molar-refractivity contribution < 1.29 is 68.1 Å². The maximum atomic E-state index is 14.5. The second-order valence-corrected chi connectivity index (χ2v) is 22.1. The maximum Gasteiger partial charge on any atom is 0.245 e. The highest BCUT2D eigenvalue weighted by Gasteiger charge is 2.38. The van der Waals surface area contributed by atoms with Crippen molar-refractivity contribution in [2.24, 2.45) is 52.3 Å². The van der Waals surface area contributed by atoms with Crippen molar-refractivity contribution in [3.8, 4) is 0 Å². The van der Waals surface area contributed by atoms with E-state index in [0.717, 1.165) is 32.1 Å². The summed E-state index contributed by atoms with van der Waals surface area (Å²) in [7, 11) is 0. The normalized spacial score (nSPS) is 23.2. The Labute approximate surface area is 493 Å². The summed E-state index contributed by atoms with van der Waals surface area (Å²) in [4.78, 5) is 154. The molecule has 84 heavy (non-hydrogen) atoms. The number of carbonyl (C=O) groups excluding carboxylic acids is 11. The third kappa shape index (κ3) is 26.4. The Bertz CT molecular complexity index is 2270. The molecule has 0 saturated carbocycles. The Kier molecular flexibility index (Phi) is 35.4. The summed E-state index contributed by atoms with van der Waals surface area (Å²) in [5.41, 5.74) is 30.0. The summed E-state index contributed by atoms with van der Waals surface area (Å²) >= 11 is 0. The minimum Gasteiger partial charge on any atom is -0.391 e. The summed E-state index contributed by atoms with van der Waals surface area (Å²) in [6, 6.07) is -0.713. The molecule has 0 bridgehead atoms. The van der Waals surface area contributed by atoms with Crippen molar-refractivity contribution in [3.63, 3.8) is 0 Å². The van der Waals surface area contributed by atoms with Gasteiger partial charge in [0.05, 0.1) is 30.4 Å². The molecule has 2 rings (SSSR count). The Morgan fingerprint density at radius 3 is 1.64 bits per heavy atom. The Balaban J connectivity index is 2.65. The number of amides is 7. The molecule has 26 heteroatoms. The molecule has 20 N–H and O–H groups in total. The lowest BCUT2D eigenvalue weighted by Crippen LogP contribution is -2.57. The molecule has 474 valence electrons. The number of Topliss-reactive ketones (excluding diaryl/α,β-unsaturated/α-hetero) is 4. The first kappa shape index (κ1) is 74.0. The van der Waals surface area contributed by atoms with E-state index in [9.17, 15) is 68.1 Å². The van der Waals surface area contributed by atoms with E-state index in [1.54, 1.807) is 30.3 Å². The van der Waals surface area contributed by atoms with E-state index in [4.69, 9.17) is 28.7 Å². The van der Waals surface area contributed by atoms with Gasteiger partial charge in [-0.3, -0.25) is 52.7 Å². The smallest absolute Gasteiger partial charge is 0.245 e. The predicted octanol–water partition coefficient (Wildman–Crippen LogP) is -2.40. The zero-order valence-corrected chi connectivity index (χ0v) is 49.6. The molecule has 13 atom stereocenters. The molecule has 1 aliphatic rings. The molecule has 0 aliphatic carbocycles. The maximum absolute atomic E-state index is 14.5. The van der Waals surface area contributed by atoms with E-state index in [0.29, 0.717) is 12.0 Å². The minimum atomic E-state index is -1.69. The number of aliphatic hydroxyl groups excluding tert-OH is 3. The van der Waals surface area contributed by atoms with Gasteiger partial charge in [0.25, 0.3) is 0 Å². The number of rotatable bonds is 31. The van der Waals surface area contributed by atoms with Crippen molar-refractivity contribution in [2.45, 2.75) is 198 Å². The van der Waals surface area contributed by atoms with Crippen LogP contribution in [0.1, 0.15) is 142 Å². The average molecular weight is 1190 g/mol. The Hall–Kier alpha value is -6.13. The number of unbranched alkanes of at least 4 members (excludes halogenated alkanes) is 5. The molecule has 1 aromatic rings. The Morgan fingerprint density at radius 1 is 0.595 bits per heavy atom. The van der Waals surface area contributed by atoms with Crippen LogP contribution >= 0.6 is 0 Å². The summed E-state index contributed by atoms with van der Waals surface area (Å²) in [6.07, 6.45) is -1.32. The number of aliphatic hydroxyl groups is 3. The molecular formula is C58H98N12O14. The van der Waals surface area contributed by atoms with Crippen molar-refractivity contribution in [2.75, 3.05) is 39.3 Å². The molecule has 0 radical (unpaired) electrons. The van der Waals surface area contributed by atoms with Crippen molar-refractivity contribution in [1.82, 2.24) is 37.2 Å². The Morgan fingerprint density at radius 2 is 1.11 bits per heavy atom. The van der Waals surface area contributed by atoms with Crippen LogP contribution in [-0.4, -0.2) is 174 Å². The molecule has 1 saturated heterocycles. The lowest BCUT2D eigenvalue weighted by molar-refractivity contribution is -0.137. The van der Waals surface area contributed by atoms with Crippen LogP contribution in [0.25, 0.3) is 0 Å². The number of carbonyl (C=O) groups is 11. The first-order valence-corrected chi connectivity index (χ1v) is 29.7. The van der Waals surface area contributed by atoms with Crippen molar-refractivity contribution in [3.05, 3.63) is 35.9 Å². The zero-order valence-electron chi connectivity index (χ0n) is 49.6. The molecular weight excluding hydrogens is 1090 g/mol. The SMILES string of the molecule is CCCCCCCCC(=O)C[C@@H](CCN)C(=O)N[C@H](C(=O)C[C@H](CCN)C(=O)N[C@H]1CCNC(=O)[C@H]([C@@H](C)O)NC(=O)[C@H](CCN)CC(=O)[C@H](CCN)NC(=O)[C@H]([C@@H](C)O)NC(=O)[C@@H](Cc2ccccc2)CC(=O)[C@H](CCN)NC1=O)[C@@H](C)O. The van der Waals surface area contributed by atoms with Gasteiger partial charge in [-0.1, -0.05) is 69.4 Å². The second-order valence-electron chi connectivity index (χ2n) is 22.1. The van der Waals surface area contributed by atoms with Gasteiger partial charge in [-0.25, -0.2) is 0 Å². The average Bonchev–Trinajstić information content (AvgIpc) is 3.45. The van der Waals surface area contributed by atoms with Crippen LogP contribution in [0.3, 0.4) is 0 Å². The number of hydrogen-bond acceptors (Lipinski definition) is 19. The van der Waals surface area contributed by atoms with E-state index >= 15 is 0 Å². The van der Waals surface area contributed by atoms with Crippen molar-refractivity contribution >= 4 is 64.5 Å². The number of nitrogens with one attached hydrogen (secondary N) is 7. The lowest BCUT2D eigenvalue weighted by atomic mass is 9.90. The van der Waals surface area contributed by atoms with Gasteiger partial charge in [-0.2, -0.15) is 0 Å². The molecule has 7 amide bonds. The van der Waals surface area contributed by atoms with E-state index in [1.165, 1.54) is 20.8 Å². The van der Waals surface area contributed by atoms with E-state index < -0.39 is 169 Å². The van der Waals surface area contributed by atoms with Crippen LogP contribution in [0.4, 0.5) is 0 Å². The second kappa shape index (κ2) is 40.2. The molecule has 0 unspecified atom stereocenters. The van der Waals surface area contributed by atoms with Crippen LogP contribution < -0.4 is 65.9 Å². The van der Waals surface area contributed by atoms with Gasteiger partial charge >= 0.3 is 0 Å². The first-order valence-electron chi connectivity index (χ1n) is 29.7. The van der Waals surface area contributed by atoms with E-state index in [-0.39, 0.29) is 89.9 Å². The van der Waals surface area contributed by atoms with Crippen LogP contribution in [0.15, 0.2) is 30.3 Å². The van der Waals surface area contributed by atoms with Gasteiger partial charge in [0.1, 0.15) is 30.0 Å². The monoisotopic (exact) mass is 1190 g/mol.